The Morgan fingerprint density at radius 2 is 2.05 bits per heavy atom. The maximum atomic E-state index is 12.2. The van der Waals surface area contributed by atoms with Crippen molar-refractivity contribution >= 4 is 27.3 Å². The van der Waals surface area contributed by atoms with Crippen molar-refractivity contribution in [3.8, 4) is 0 Å². The Bertz CT molecular complexity index is 696. The quantitative estimate of drug-likeness (QED) is 0.834. The smallest absolute Gasteiger partial charge is 0.244 e. The number of nitrogens with one attached hydrogen (secondary N) is 1. The largest absolute Gasteiger partial charge is 0.398 e. The van der Waals surface area contributed by atoms with Gasteiger partial charge < -0.3 is 5.73 Å². The Morgan fingerprint density at radius 3 is 2.65 bits per heavy atom. The Labute approximate surface area is 122 Å². The number of aryl methyl sites for hydroxylation is 1. The minimum Gasteiger partial charge on any atom is -0.398 e. The van der Waals surface area contributed by atoms with Crippen LogP contribution < -0.4 is 10.5 Å². The van der Waals surface area contributed by atoms with Crippen molar-refractivity contribution in [1.29, 1.82) is 0 Å². The van der Waals surface area contributed by atoms with Gasteiger partial charge in [-0.3, -0.25) is 9.97 Å². The minimum atomic E-state index is -3.80. The standard InChI is InChI=1S/C12H13ClN4O2S/c1-8-5-16-9(6-15-8)7-17-20(18,19)12-10(13)3-2-4-11(12)14/h2-6,17H,7,14H2,1H3. The van der Waals surface area contributed by atoms with Gasteiger partial charge in [-0.05, 0) is 19.1 Å². The van der Waals surface area contributed by atoms with Crippen LogP contribution in [0.25, 0.3) is 0 Å². The minimum absolute atomic E-state index is 0.0142. The first kappa shape index (κ1) is 14.7. The third kappa shape index (κ3) is 3.24. The van der Waals surface area contributed by atoms with Crippen molar-refractivity contribution < 1.29 is 8.42 Å². The molecule has 1 heterocycles. The van der Waals surface area contributed by atoms with E-state index in [4.69, 9.17) is 17.3 Å². The van der Waals surface area contributed by atoms with Crippen molar-refractivity contribution in [3.63, 3.8) is 0 Å². The second-order valence-corrected chi connectivity index (χ2v) is 6.24. The molecule has 0 spiro atoms. The fourth-order valence-corrected chi connectivity index (χ4v) is 3.23. The van der Waals surface area contributed by atoms with Gasteiger partial charge in [-0.25, -0.2) is 13.1 Å². The van der Waals surface area contributed by atoms with Crippen molar-refractivity contribution in [2.45, 2.75) is 18.4 Å². The average Bonchev–Trinajstić information content (AvgIpc) is 2.37. The summed E-state index contributed by atoms with van der Waals surface area (Å²) in [4.78, 5) is 7.98. The molecule has 0 fully saturated rings. The van der Waals surface area contributed by atoms with Gasteiger partial charge in [0, 0.05) is 6.20 Å². The highest BCUT2D eigenvalue weighted by Gasteiger charge is 2.20. The molecule has 2 rings (SSSR count). The van der Waals surface area contributed by atoms with Crippen LogP contribution in [0, 0.1) is 6.92 Å². The van der Waals surface area contributed by atoms with Gasteiger partial charge in [0.25, 0.3) is 0 Å². The summed E-state index contributed by atoms with van der Waals surface area (Å²) in [6.45, 7) is 1.81. The fourth-order valence-electron chi connectivity index (χ4n) is 1.56. The van der Waals surface area contributed by atoms with Crippen LogP contribution in [0.2, 0.25) is 5.02 Å². The summed E-state index contributed by atoms with van der Waals surface area (Å²) >= 11 is 5.89. The molecular weight excluding hydrogens is 300 g/mol. The third-order valence-corrected chi connectivity index (χ3v) is 4.49. The number of anilines is 1. The molecule has 2 aromatic rings. The van der Waals surface area contributed by atoms with E-state index in [1.807, 2.05) is 0 Å². The number of aromatic nitrogens is 2. The lowest BCUT2D eigenvalue weighted by Crippen LogP contribution is -2.25. The van der Waals surface area contributed by atoms with E-state index in [1.54, 1.807) is 19.2 Å². The monoisotopic (exact) mass is 312 g/mol. The zero-order valence-electron chi connectivity index (χ0n) is 10.7. The molecular formula is C12H13ClN4O2S. The molecule has 1 aromatic carbocycles. The van der Waals surface area contributed by atoms with Crippen LogP contribution in [0.1, 0.15) is 11.4 Å². The molecule has 0 unspecified atom stereocenters. The Kier molecular flexibility index (Phi) is 4.22. The molecule has 106 valence electrons. The summed E-state index contributed by atoms with van der Waals surface area (Å²) in [5.74, 6) is 0. The molecule has 0 aliphatic rings. The summed E-state index contributed by atoms with van der Waals surface area (Å²) in [6.07, 6.45) is 3.07. The molecule has 0 aliphatic heterocycles. The Morgan fingerprint density at radius 1 is 1.30 bits per heavy atom. The van der Waals surface area contributed by atoms with Gasteiger partial charge in [-0.15, -0.1) is 0 Å². The first-order valence-electron chi connectivity index (χ1n) is 5.71. The van der Waals surface area contributed by atoms with Gasteiger partial charge in [0.2, 0.25) is 10.0 Å². The highest BCUT2D eigenvalue weighted by atomic mass is 35.5. The first-order valence-corrected chi connectivity index (χ1v) is 7.57. The van der Waals surface area contributed by atoms with Crippen molar-refractivity contribution in [2.75, 3.05) is 5.73 Å². The summed E-state index contributed by atoms with van der Waals surface area (Å²) in [5, 5.41) is 0.0764. The SMILES string of the molecule is Cc1cnc(CNS(=O)(=O)c2c(N)cccc2Cl)cn1. The number of hydrogen-bond acceptors (Lipinski definition) is 5. The number of sulfonamides is 1. The van der Waals surface area contributed by atoms with E-state index in [0.717, 1.165) is 5.69 Å². The van der Waals surface area contributed by atoms with Gasteiger partial charge in [0.1, 0.15) is 4.90 Å². The zero-order valence-corrected chi connectivity index (χ0v) is 12.2. The molecule has 8 heteroatoms. The summed E-state index contributed by atoms with van der Waals surface area (Å²) in [7, 11) is -3.80. The third-order valence-electron chi connectivity index (χ3n) is 2.54. The fraction of sp³-hybridized carbons (Fsp3) is 0.167. The molecule has 0 atom stereocenters. The van der Waals surface area contributed by atoms with Crippen LogP contribution in [0.15, 0.2) is 35.5 Å². The van der Waals surface area contributed by atoms with Gasteiger partial charge in [-0.2, -0.15) is 0 Å². The van der Waals surface area contributed by atoms with Gasteiger partial charge in [-0.1, -0.05) is 17.7 Å². The van der Waals surface area contributed by atoms with E-state index in [1.165, 1.54) is 18.3 Å². The van der Waals surface area contributed by atoms with Crippen molar-refractivity contribution in [3.05, 3.63) is 47.0 Å². The first-order chi connectivity index (χ1) is 9.40. The molecule has 0 radical (unpaired) electrons. The second-order valence-electron chi connectivity index (χ2n) is 4.13. The number of nitrogens with zero attached hydrogens (tertiary/aromatic N) is 2. The number of benzene rings is 1. The van der Waals surface area contributed by atoms with E-state index in [2.05, 4.69) is 14.7 Å². The molecule has 20 heavy (non-hydrogen) atoms. The zero-order chi connectivity index (χ0) is 14.8. The Balaban J connectivity index is 2.22. The summed E-state index contributed by atoms with van der Waals surface area (Å²) in [6, 6.07) is 4.53. The van der Waals surface area contributed by atoms with Crippen LogP contribution in [0.5, 0.6) is 0 Å². The lowest BCUT2D eigenvalue weighted by atomic mass is 10.3. The van der Waals surface area contributed by atoms with E-state index in [9.17, 15) is 8.42 Å². The predicted octanol–water partition coefficient (Wildman–Crippen LogP) is 1.50. The van der Waals surface area contributed by atoms with Crippen molar-refractivity contribution in [1.82, 2.24) is 14.7 Å². The van der Waals surface area contributed by atoms with Crippen LogP contribution in [-0.2, 0) is 16.6 Å². The number of halogens is 1. The van der Waals surface area contributed by atoms with Crippen LogP contribution in [0.3, 0.4) is 0 Å². The molecule has 0 aliphatic carbocycles. The normalized spacial score (nSPS) is 11.5. The molecule has 0 saturated heterocycles. The highest BCUT2D eigenvalue weighted by Crippen LogP contribution is 2.26. The van der Waals surface area contributed by atoms with Crippen molar-refractivity contribution in [2.24, 2.45) is 0 Å². The number of rotatable bonds is 4. The Hall–Kier alpha value is -1.70. The van der Waals surface area contributed by atoms with E-state index < -0.39 is 10.0 Å². The second kappa shape index (κ2) is 5.74. The van der Waals surface area contributed by atoms with Crippen LogP contribution >= 0.6 is 11.6 Å². The number of nitrogens with two attached hydrogens (primary N) is 1. The van der Waals surface area contributed by atoms with Gasteiger partial charge in [0.15, 0.2) is 0 Å². The van der Waals surface area contributed by atoms with E-state index in [0.29, 0.717) is 5.69 Å². The number of nitrogen functional groups attached to an aromatic ring is 1. The maximum absolute atomic E-state index is 12.2. The average molecular weight is 313 g/mol. The van der Waals surface area contributed by atoms with Gasteiger partial charge in [0.05, 0.1) is 34.8 Å². The molecule has 0 saturated carbocycles. The van der Waals surface area contributed by atoms with E-state index in [-0.39, 0.29) is 22.2 Å². The molecule has 3 N–H and O–H groups in total. The lowest BCUT2D eigenvalue weighted by Gasteiger charge is -2.10. The lowest BCUT2D eigenvalue weighted by molar-refractivity contribution is 0.580. The summed E-state index contributed by atoms with van der Waals surface area (Å²) < 4.78 is 26.8. The molecule has 6 nitrogen and oxygen atoms in total. The van der Waals surface area contributed by atoms with E-state index >= 15 is 0 Å². The predicted molar refractivity (Wildman–Crippen MR) is 76.7 cm³/mol. The van der Waals surface area contributed by atoms with Crippen LogP contribution in [0.4, 0.5) is 5.69 Å². The van der Waals surface area contributed by atoms with Gasteiger partial charge >= 0.3 is 0 Å². The number of hydrogen-bond donors (Lipinski definition) is 2. The molecule has 0 bridgehead atoms. The molecule has 1 aromatic heterocycles. The van der Waals surface area contributed by atoms with Crippen LogP contribution in [-0.4, -0.2) is 18.4 Å². The highest BCUT2D eigenvalue weighted by molar-refractivity contribution is 7.89. The maximum Gasteiger partial charge on any atom is 0.244 e. The summed E-state index contributed by atoms with van der Waals surface area (Å²) in [5.41, 5.74) is 7.02. The molecule has 0 amide bonds. The topological polar surface area (TPSA) is 98.0 Å².